The second-order valence-corrected chi connectivity index (χ2v) is 3.77. The summed E-state index contributed by atoms with van der Waals surface area (Å²) in [6.45, 7) is 0. The van der Waals surface area contributed by atoms with Crippen molar-refractivity contribution in [1.29, 1.82) is 0 Å². The Bertz CT molecular complexity index is 595. The lowest BCUT2D eigenvalue weighted by atomic mass is 10.3. The van der Waals surface area contributed by atoms with E-state index in [1.165, 1.54) is 0 Å². The van der Waals surface area contributed by atoms with Gasteiger partial charge in [0.1, 0.15) is 0 Å². The Morgan fingerprint density at radius 3 is 2.93 bits per heavy atom. The monoisotopic (exact) mass is 217 g/mol. The minimum absolute atomic E-state index is 0.712. The smallest absolute Gasteiger partial charge is 0.154 e. The van der Waals surface area contributed by atoms with Gasteiger partial charge in [0.05, 0.1) is 16.7 Å². The summed E-state index contributed by atoms with van der Waals surface area (Å²) in [5, 5.41) is 0.712. The van der Waals surface area contributed by atoms with Crippen LogP contribution >= 0.6 is 11.6 Å². The number of benzene rings is 1. The fourth-order valence-electron chi connectivity index (χ4n) is 1.59. The van der Waals surface area contributed by atoms with Crippen molar-refractivity contribution < 1.29 is 0 Å². The van der Waals surface area contributed by atoms with Crippen LogP contribution in [0.15, 0.2) is 36.5 Å². The molecule has 3 aromatic rings. The van der Waals surface area contributed by atoms with E-state index in [0.29, 0.717) is 5.02 Å². The molecule has 0 aliphatic heterocycles. The quantitative estimate of drug-likeness (QED) is 0.646. The van der Waals surface area contributed by atoms with Gasteiger partial charge in [-0.15, -0.1) is 0 Å². The summed E-state index contributed by atoms with van der Waals surface area (Å²) in [5.41, 5.74) is 2.85. The summed E-state index contributed by atoms with van der Waals surface area (Å²) in [4.78, 5) is 10.8. The molecule has 4 heteroatoms. The maximum atomic E-state index is 5.90. The molecule has 2 aromatic heterocycles. The van der Waals surface area contributed by atoms with Gasteiger partial charge in [0, 0.05) is 11.2 Å². The van der Waals surface area contributed by atoms with Crippen LogP contribution in [0, 0.1) is 0 Å². The van der Waals surface area contributed by atoms with E-state index in [9.17, 15) is 0 Å². The standard InChI is InChI=1S/C11H8ClN3/c12-7-3-4-8-10(6-7)15-11(14-8)9-2-1-5-13-9/h1-6,13H,(H,14,15). The highest BCUT2D eigenvalue weighted by Crippen LogP contribution is 2.21. The number of fused-ring (bicyclic) bond motifs is 1. The van der Waals surface area contributed by atoms with E-state index in [4.69, 9.17) is 11.6 Å². The molecule has 0 amide bonds. The van der Waals surface area contributed by atoms with Crippen LogP contribution in [0.25, 0.3) is 22.6 Å². The number of nitrogens with zero attached hydrogens (tertiary/aromatic N) is 1. The first-order chi connectivity index (χ1) is 7.33. The van der Waals surface area contributed by atoms with E-state index < -0.39 is 0 Å². The Morgan fingerprint density at radius 2 is 2.13 bits per heavy atom. The molecule has 15 heavy (non-hydrogen) atoms. The van der Waals surface area contributed by atoms with Gasteiger partial charge in [-0.3, -0.25) is 0 Å². The van der Waals surface area contributed by atoms with Crippen molar-refractivity contribution >= 4 is 22.6 Å². The lowest BCUT2D eigenvalue weighted by molar-refractivity contribution is 1.27. The van der Waals surface area contributed by atoms with Crippen LogP contribution in [-0.4, -0.2) is 15.0 Å². The second-order valence-electron chi connectivity index (χ2n) is 3.33. The van der Waals surface area contributed by atoms with Gasteiger partial charge in [0.15, 0.2) is 5.82 Å². The summed E-state index contributed by atoms with van der Waals surface area (Å²) >= 11 is 5.90. The molecule has 2 heterocycles. The first-order valence-electron chi connectivity index (χ1n) is 4.62. The van der Waals surface area contributed by atoms with Gasteiger partial charge in [-0.1, -0.05) is 11.6 Å². The zero-order valence-corrected chi connectivity index (χ0v) is 8.55. The van der Waals surface area contributed by atoms with E-state index in [1.807, 2.05) is 36.5 Å². The molecule has 0 radical (unpaired) electrons. The van der Waals surface area contributed by atoms with Crippen molar-refractivity contribution in [3.05, 3.63) is 41.6 Å². The summed E-state index contributed by atoms with van der Waals surface area (Å²) in [7, 11) is 0. The van der Waals surface area contributed by atoms with E-state index in [-0.39, 0.29) is 0 Å². The van der Waals surface area contributed by atoms with Crippen LogP contribution in [0.5, 0.6) is 0 Å². The van der Waals surface area contributed by atoms with Gasteiger partial charge >= 0.3 is 0 Å². The predicted molar refractivity (Wildman–Crippen MR) is 60.9 cm³/mol. The molecule has 0 aliphatic rings. The molecular weight excluding hydrogens is 210 g/mol. The molecule has 74 valence electrons. The number of imidazole rings is 1. The molecule has 1 aromatic carbocycles. The third-order valence-electron chi connectivity index (χ3n) is 2.30. The third kappa shape index (κ3) is 1.41. The number of rotatable bonds is 1. The number of halogens is 1. The molecule has 0 unspecified atom stereocenters. The average molecular weight is 218 g/mol. The molecule has 0 bridgehead atoms. The molecule has 3 rings (SSSR count). The van der Waals surface area contributed by atoms with Crippen LogP contribution in [0.3, 0.4) is 0 Å². The molecule has 2 N–H and O–H groups in total. The minimum Gasteiger partial charge on any atom is -0.359 e. The van der Waals surface area contributed by atoms with E-state index in [2.05, 4.69) is 15.0 Å². The molecule has 0 fully saturated rings. The van der Waals surface area contributed by atoms with Crippen LogP contribution in [0.2, 0.25) is 5.02 Å². The third-order valence-corrected chi connectivity index (χ3v) is 2.53. The molecule has 0 saturated heterocycles. The van der Waals surface area contributed by atoms with Gasteiger partial charge in [0.2, 0.25) is 0 Å². The van der Waals surface area contributed by atoms with Gasteiger partial charge in [-0.05, 0) is 30.3 Å². The Balaban J connectivity index is 2.22. The van der Waals surface area contributed by atoms with Crippen molar-refractivity contribution in [2.24, 2.45) is 0 Å². The predicted octanol–water partition coefficient (Wildman–Crippen LogP) is 3.21. The van der Waals surface area contributed by atoms with Crippen molar-refractivity contribution in [3.63, 3.8) is 0 Å². The van der Waals surface area contributed by atoms with Gasteiger partial charge < -0.3 is 9.97 Å². The highest BCUT2D eigenvalue weighted by Gasteiger charge is 2.05. The zero-order chi connectivity index (χ0) is 10.3. The van der Waals surface area contributed by atoms with Crippen molar-refractivity contribution in [2.45, 2.75) is 0 Å². The summed E-state index contributed by atoms with van der Waals surface area (Å²) in [6.07, 6.45) is 1.87. The van der Waals surface area contributed by atoms with Crippen LogP contribution in [-0.2, 0) is 0 Å². The molecule has 0 spiro atoms. The number of hydrogen-bond acceptors (Lipinski definition) is 1. The first kappa shape index (κ1) is 8.56. The SMILES string of the molecule is Clc1ccc2nc(-c3ccc[nH]3)[nH]c2c1. The zero-order valence-electron chi connectivity index (χ0n) is 7.79. The van der Waals surface area contributed by atoms with Gasteiger partial charge in [0.25, 0.3) is 0 Å². The number of aromatic amines is 2. The molecule has 3 nitrogen and oxygen atoms in total. The Labute approximate surface area is 91.1 Å². The molecule has 0 atom stereocenters. The second kappa shape index (κ2) is 3.14. The summed E-state index contributed by atoms with van der Waals surface area (Å²) < 4.78 is 0. The fourth-order valence-corrected chi connectivity index (χ4v) is 1.76. The molecule has 0 aliphatic carbocycles. The lowest BCUT2D eigenvalue weighted by Crippen LogP contribution is -1.77. The fraction of sp³-hybridized carbons (Fsp3) is 0. The maximum absolute atomic E-state index is 5.90. The highest BCUT2D eigenvalue weighted by molar-refractivity contribution is 6.31. The topological polar surface area (TPSA) is 44.5 Å². The van der Waals surface area contributed by atoms with Crippen molar-refractivity contribution in [3.8, 4) is 11.5 Å². The Hall–Kier alpha value is -1.74. The Kier molecular flexibility index (Phi) is 1.79. The lowest BCUT2D eigenvalue weighted by Gasteiger charge is -1.88. The van der Waals surface area contributed by atoms with Gasteiger partial charge in [-0.25, -0.2) is 4.98 Å². The van der Waals surface area contributed by atoms with Crippen LogP contribution < -0.4 is 0 Å². The molecular formula is C11H8ClN3. The van der Waals surface area contributed by atoms with E-state index >= 15 is 0 Å². The number of H-pyrrole nitrogens is 2. The maximum Gasteiger partial charge on any atom is 0.154 e. The van der Waals surface area contributed by atoms with Gasteiger partial charge in [-0.2, -0.15) is 0 Å². The first-order valence-corrected chi connectivity index (χ1v) is 5.00. The number of nitrogens with one attached hydrogen (secondary N) is 2. The summed E-state index contributed by atoms with van der Waals surface area (Å²) in [6, 6.07) is 9.52. The van der Waals surface area contributed by atoms with Crippen molar-refractivity contribution in [1.82, 2.24) is 15.0 Å². The van der Waals surface area contributed by atoms with Crippen molar-refractivity contribution in [2.75, 3.05) is 0 Å². The Morgan fingerprint density at radius 1 is 1.20 bits per heavy atom. The number of hydrogen-bond donors (Lipinski definition) is 2. The van der Waals surface area contributed by atoms with Crippen LogP contribution in [0.1, 0.15) is 0 Å². The largest absolute Gasteiger partial charge is 0.359 e. The highest BCUT2D eigenvalue weighted by atomic mass is 35.5. The van der Waals surface area contributed by atoms with E-state index in [0.717, 1.165) is 22.6 Å². The normalized spacial score (nSPS) is 11.0. The minimum atomic E-state index is 0.712. The molecule has 0 saturated carbocycles. The van der Waals surface area contributed by atoms with E-state index in [1.54, 1.807) is 0 Å². The number of aromatic nitrogens is 3. The average Bonchev–Trinajstić information content (AvgIpc) is 2.84. The van der Waals surface area contributed by atoms with Crippen LogP contribution in [0.4, 0.5) is 0 Å². The summed E-state index contributed by atoms with van der Waals surface area (Å²) in [5.74, 6) is 0.831.